The summed E-state index contributed by atoms with van der Waals surface area (Å²) in [5, 5.41) is 2.02. The van der Waals surface area contributed by atoms with E-state index in [1.54, 1.807) is 18.4 Å². The molecule has 2 N–H and O–H groups in total. The average Bonchev–Trinajstić information content (AvgIpc) is 2.81. The van der Waals surface area contributed by atoms with Gasteiger partial charge in [-0.25, -0.2) is 0 Å². The second kappa shape index (κ2) is 6.22. The topological polar surface area (TPSA) is 44.5 Å². The molecule has 0 atom stereocenters. The fourth-order valence-corrected chi connectivity index (χ4v) is 2.99. The molecule has 2 aromatic rings. The molecule has 5 heteroatoms. The largest absolute Gasteiger partial charge is 0.493 e. The second-order valence-electron chi connectivity index (χ2n) is 3.63. The number of methoxy groups -OCH3 is 1. The molecule has 0 spiro atoms. The smallest absolute Gasteiger partial charge is 0.166 e. The molecular weight excluding hydrogens is 314 g/mol. The molecule has 2 rings (SSSR count). The molecule has 1 heterocycles. The summed E-state index contributed by atoms with van der Waals surface area (Å²) in [6, 6.07) is 7.74. The van der Waals surface area contributed by atoms with Crippen molar-refractivity contribution in [2.45, 2.75) is 13.2 Å². The lowest BCUT2D eigenvalue weighted by Crippen LogP contribution is -2.04. The minimum atomic E-state index is 0.429. The number of halogens is 1. The lowest BCUT2D eigenvalue weighted by molar-refractivity contribution is 0.283. The first-order chi connectivity index (χ1) is 8.76. The van der Waals surface area contributed by atoms with Crippen LogP contribution in [0.3, 0.4) is 0 Å². The standard InChI is InChI=1S/C13H14BrNO2S/c1-16-11-4-2-3-9(7-15)13(11)17-8-12-10(14)5-6-18-12/h2-6H,7-8,15H2,1H3. The molecule has 0 aliphatic heterocycles. The van der Waals surface area contributed by atoms with E-state index in [9.17, 15) is 0 Å². The Morgan fingerprint density at radius 3 is 2.78 bits per heavy atom. The maximum Gasteiger partial charge on any atom is 0.166 e. The molecule has 0 bridgehead atoms. The molecule has 0 aliphatic rings. The Morgan fingerprint density at radius 2 is 2.17 bits per heavy atom. The first kappa shape index (κ1) is 13.4. The Hall–Kier alpha value is -1.04. The highest BCUT2D eigenvalue weighted by atomic mass is 79.9. The summed E-state index contributed by atoms with van der Waals surface area (Å²) in [5.74, 6) is 1.44. The zero-order chi connectivity index (χ0) is 13.0. The Kier molecular flexibility index (Phi) is 4.63. The van der Waals surface area contributed by atoms with Crippen molar-refractivity contribution in [1.82, 2.24) is 0 Å². The predicted molar refractivity (Wildman–Crippen MR) is 77.2 cm³/mol. The van der Waals surface area contributed by atoms with Gasteiger partial charge in [0.2, 0.25) is 0 Å². The van der Waals surface area contributed by atoms with Gasteiger partial charge in [-0.2, -0.15) is 0 Å². The SMILES string of the molecule is COc1cccc(CN)c1OCc1sccc1Br. The molecule has 0 fully saturated rings. The lowest BCUT2D eigenvalue weighted by Gasteiger charge is -2.13. The van der Waals surface area contributed by atoms with Gasteiger partial charge in [0.25, 0.3) is 0 Å². The van der Waals surface area contributed by atoms with Crippen LogP contribution in [-0.4, -0.2) is 7.11 Å². The van der Waals surface area contributed by atoms with Gasteiger partial charge in [-0.05, 0) is 33.4 Å². The van der Waals surface area contributed by atoms with Crippen LogP contribution < -0.4 is 15.2 Å². The van der Waals surface area contributed by atoms with Crippen molar-refractivity contribution in [2.24, 2.45) is 5.73 Å². The molecule has 0 radical (unpaired) electrons. The van der Waals surface area contributed by atoms with Crippen LogP contribution in [0.1, 0.15) is 10.4 Å². The van der Waals surface area contributed by atoms with Crippen LogP contribution in [0.5, 0.6) is 11.5 Å². The van der Waals surface area contributed by atoms with Crippen LogP contribution in [0.2, 0.25) is 0 Å². The molecule has 0 saturated carbocycles. The minimum Gasteiger partial charge on any atom is -0.493 e. The van der Waals surface area contributed by atoms with Gasteiger partial charge in [0.05, 0.1) is 12.0 Å². The van der Waals surface area contributed by atoms with Gasteiger partial charge in [-0.15, -0.1) is 11.3 Å². The van der Waals surface area contributed by atoms with Crippen molar-refractivity contribution < 1.29 is 9.47 Å². The van der Waals surface area contributed by atoms with Gasteiger partial charge in [-0.3, -0.25) is 0 Å². The van der Waals surface area contributed by atoms with Gasteiger partial charge < -0.3 is 15.2 Å². The van der Waals surface area contributed by atoms with E-state index in [1.165, 1.54) is 0 Å². The van der Waals surface area contributed by atoms with E-state index >= 15 is 0 Å². The molecule has 96 valence electrons. The first-order valence-electron chi connectivity index (χ1n) is 5.47. The number of hydrogen-bond acceptors (Lipinski definition) is 4. The number of hydrogen-bond donors (Lipinski definition) is 1. The predicted octanol–water partition coefficient (Wildman–Crippen LogP) is 3.56. The second-order valence-corrected chi connectivity index (χ2v) is 5.49. The molecule has 0 amide bonds. The quantitative estimate of drug-likeness (QED) is 0.913. The van der Waals surface area contributed by atoms with E-state index < -0.39 is 0 Å². The average molecular weight is 328 g/mol. The summed E-state index contributed by atoms with van der Waals surface area (Å²) < 4.78 is 12.2. The summed E-state index contributed by atoms with van der Waals surface area (Å²) in [4.78, 5) is 1.14. The first-order valence-corrected chi connectivity index (χ1v) is 7.14. The summed E-state index contributed by atoms with van der Waals surface area (Å²) in [7, 11) is 1.63. The maximum absolute atomic E-state index is 5.85. The molecule has 0 aliphatic carbocycles. The Balaban J connectivity index is 2.20. The van der Waals surface area contributed by atoms with Gasteiger partial charge in [-0.1, -0.05) is 12.1 Å². The Morgan fingerprint density at radius 1 is 1.33 bits per heavy atom. The highest BCUT2D eigenvalue weighted by Gasteiger charge is 2.11. The fourth-order valence-electron chi connectivity index (χ4n) is 1.61. The number of rotatable bonds is 5. The summed E-state index contributed by atoms with van der Waals surface area (Å²) in [6.07, 6.45) is 0. The zero-order valence-corrected chi connectivity index (χ0v) is 12.4. The van der Waals surface area contributed by atoms with Crippen molar-refractivity contribution in [3.05, 3.63) is 44.6 Å². The lowest BCUT2D eigenvalue weighted by atomic mass is 10.2. The van der Waals surface area contributed by atoms with E-state index in [4.69, 9.17) is 15.2 Å². The summed E-state index contributed by atoms with van der Waals surface area (Å²) in [6.45, 7) is 0.934. The van der Waals surface area contributed by atoms with E-state index in [2.05, 4.69) is 15.9 Å². The number of para-hydroxylation sites is 1. The van der Waals surface area contributed by atoms with E-state index in [1.807, 2.05) is 29.6 Å². The van der Waals surface area contributed by atoms with Crippen molar-refractivity contribution in [3.8, 4) is 11.5 Å². The molecule has 18 heavy (non-hydrogen) atoms. The van der Waals surface area contributed by atoms with Crippen molar-refractivity contribution in [1.29, 1.82) is 0 Å². The fraction of sp³-hybridized carbons (Fsp3) is 0.231. The van der Waals surface area contributed by atoms with Crippen molar-refractivity contribution >= 4 is 27.3 Å². The third-order valence-corrected chi connectivity index (χ3v) is 4.44. The van der Waals surface area contributed by atoms with Gasteiger partial charge in [0.1, 0.15) is 6.61 Å². The van der Waals surface area contributed by atoms with Crippen LogP contribution in [0.4, 0.5) is 0 Å². The molecule has 0 saturated heterocycles. The number of ether oxygens (including phenoxy) is 2. The minimum absolute atomic E-state index is 0.429. The van der Waals surface area contributed by atoms with Gasteiger partial charge in [0, 0.05) is 16.6 Å². The Bertz CT molecular complexity index is 505. The van der Waals surface area contributed by atoms with Gasteiger partial charge >= 0.3 is 0 Å². The third kappa shape index (κ3) is 2.85. The number of thiophene rings is 1. The third-order valence-electron chi connectivity index (χ3n) is 2.54. The van der Waals surface area contributed by atoms with Crippen LogP contribution in [-0.2, 0) is 13.2 Å². The van der Waals surface area contributed by atoms with E-state index in [0.717, 1.165) is 20.7 Å². The van der Waals surface area contributed by atoms with Crippen LogP contribution in [0.15, 0.2) is 34.1 Å². The van der Waals surface area contributed by atoms with Crippen LogP contribution in [0.25, 0.3) is 0 Å². The highest BCUT2D eigenvalue weighted by molar-refractivity contribution is 9.10. The van der Waals surface area contributed by atoms with E-state index in [0.29, 0.717) is 18.9 Å². The maximum atomic E-state index is 5.85. The molecular formula is C13H14BrNO2S. The highest BCUT2D eigenvalue weighted by Crippen LogP contribution is 2.33. The molecule has 3 nitrogen and oxygen atoms in total. The molecule has 0 unspecified atom stereocenters. The molecule has 1 aromatic carbocycles. The summed E-state index contributed by atoms with van der Waals surface area (Å²) >= 11 is 5.14. The number of nitrogens with two attached hydrogens (primary N) is 1. The normalized spacial score (nSPS) is 10.4. The Labute approximate surface area is 119 Å². The zero-order valence-electron chi connectivity index (χ0n) is 9.98. The molecule has 1 aromatic heterocycles. The van der Waals surface area contributed by atoms with Crippen molar-refractivity contribution in [2.75, 3.05) is 7.11 Å². The van der Waals surface area contributed by atoms with Crippen molar-refractivity contribution in [3.63, 3.8) is 0 Å². The van der Waals surface area contributed by atoms with Gasteiger partial charge in [0.15, 0.2) is 11.5 Å². The summed E-state index contributed by atoms with van der Waals surface area (Å²) in [5.41, 5.74) is 6.66. The van der Waals surface area contributed by atoms with Crippen LogP contribution in [0, 0.1) is 0 Å². The number of benzene rings is 1. The van der Waals surface area contributed by atoms with E-state index in [-0.39, 0.29) is 0 Å². The monoisotopic (exact) mass is 327 g/mol. The van der Waals surface area contributed by atoms with Crippen LogP contribution >= 0.6 is 27.3 Å².